The highest BCUT2D eigenvalue weighted by molar-refractivity contribution is 5.91. The maximum atomic E-state index is 13.0. The molecule has 0 radical (unpaired) electrons. The van der Waals surface area contributed by atoms with Crippen molar-refractivity contribution in [3.63, 3.8) is 0 Å². The Kier molecular flexibility index (Phi) is 2.93. The SMILES string of the molecule is CC(=O)Nc1ccc(F)c(F)c1[N+](=O)[O-]. The highest BCUT2D eigenvalue weighted by atomic mass is 19.2. The molecule has 0 spiro atoms. The van der Waals surface area contributed by atoms with Crippen molar-refractivity contribution in [2.24, 2.45) is 0 Å². The number of nitro groups is 1. The van der Waals surface area contributed by atoms with E-state index in [0.29, 0.717) is 6.07 Å². The molecule has 0 saturated heterocycles. The third-order valence-electron chi connectivity index (χ3n) is 1.56. The number of carbonyl (C=O) groups is 1. The van der Waals surface area contributed by atoms with Crippen LogP contribution in [0.5, 0.6) is 0 Å². The molecule has 0 saturated carbocycles. The standard InChI is InChI=1S/C8H6F2N2O3/c1-4(13)11-6-3-2-5(9)7(10)8(6)12(14)15/h2-3H,1H3,(H,11,13). The summed E-state index contributed by atoms with van der Waals surface area (Å²) in [7, 11) is 0. The summed E-state index contributed by atoms with van der Waals surface area (Å²) in [5, 5.41) is 12.5. The molecule has 1 rings (SSSR count). The summed E-state index contributed by atoms with van der Waals surface area (Å²) >= 11 is 0. The minimum Gasteiger partial charge on any atom is -0.321 e. The molecule has 7 heteroatoms. The predicted molar refractivity (Wildman–Crippen MR) is 47.3 cm³/mol. The Labute approximate surface area is 82.9 Å². The molecule has 80 valence electrons. The Bertz CT molecular complexity index is 434. The van der Waals surface area contributed by atoms with E-state index in [9.17, 15) is 23.7 Å². The molecule has 1 N–H and O–H groups in total. The fraction of sp³-hybridized carbons (Fsp3) is 0.125. The van der Waals surface area contributed by atoms with Crippen molar-refractivity contribution in [1.82, 2.24) is 0 Å². The van der Waals surface area contributed by atoms with Crippen LogP contribution >= 0.6 is 0 Å². The maximum Gasteiger partial charge on any atom is 0.331 e. The number of halogens is 2. The lowest BCUT2D eigenvalue weighted by molar-refractivity contribution is -0.386. The molecule has 0 aliphatic rings. The van der Waals surface area contributed by atoms with Crippen molar-refractivity contribution in [1.29, 1.82) is 0 Å². The summed E-state index contributed by atoms with van der Waals surface area (Å²) < 4.78 is 25.7. The Balaban J connectivity index is 3.33. The van der Waals surface area contributed by atoms with Gasteiger partial charge in [0.05, 0.1) is 4.92 Å². The van der Waals surface area contributed by atoms with Crippen LogP contribution in [-0.4, -0.2) is 10.8 Å². The quantitative estimate of drug-likeness (QED) is 0.605. The third kappa shape index (κ3) is 2.25. The number of amides is 1. The smallest absolute Gasteiger partial charge is 0.321 e. The van der Waals surface area contributed by atoms with E-state index in [0.717, 1.165) is 13.0 Å². The summed E-state index contributed by atoms with van der Waals surface area (Å²) in [5.74, 6) is -3.54. The number of hydrogen-bond donors (Lipinski definition) is 1. The lowest BCUT2D eigenvalue weighted by Crippen LogP contribution is -2.09. The van der Waals surface area contributed by atoms with Crippen LogP contribution in [-0.2, 0) is 4.79 Å². The van der Waals surface area contributed by atoms with Crippen LogP contribution in [0.2, 0.25) is 0 Å². The Morgan fingerprint density at radius 1 is 1.47 bits per heavy atom. The first-order valence-corrected chi connectivity index (χ1v) is 3.83. The summed E-state index contributed by atoms with van der Waals surface area (Å²) in [6.07, 6.45) is 0. The molecule has 5 nitrogen and oxygen atoms in total. The van der Waals surface area contributed by atoms with Gasteiger partial charge in [0, 0.05) is 6.92 Å². The van der Waals surface area contributed by atoms with Gasteiger partial charge < -0.3 is 5.32 Å². The summed E-state index contributed by atoms with van der Waals surface area (Å²) in [5.41, 5.74) is -1.45. The second kappa shape index (κ2) is 3.99. The van der Waals surface area contributed by atoms with Crippen LogP contribution in [0.4, 0.5) is 20.2 Å². The average molecular weight is 216 g/mol. The van der Waals surface area contributed by atoms with E-state index >= 15 is 0 Å². The van der Waals surface area contributed by atoms with Gasteiger partial charge in [0.15, 0.2) is 5.82 Å². The Hall–Kier alpha value is -2.05. The van der Waals surface area contributed by atoms with Crippen LogP contribution in [0.15, 0.2) is 12.1 Å². The van der Waals surface area contributed by atoms with Crippen LogP contribution in [0.1, 0.15) is 6.92 Å². The van der Waals surface area contributed by atoms with Gasteiger partial charge in [0.1, 0.15) is 5.69 Å². The van der Waals surface area contributed by atoms with E-state index in [1.54, 1.807) is 0 Å². The summed E-state index contributed by atoms with van der Waals surface area (Å²) in [6.45, 7) is 1.10. The molecule has 1 amide bonds. The fourth-order valence-corrected chi connectivity index (χ4v) is 1.01. The van der Waals surface area contributed by atoms with Crippen molar-refractivity contribution in [3.8, 4) is 0 Å². The first-order chi connectivity index (χ1) is 6.93. The van der Waals surface area contributed by atoms with Gasteiger partial charge in [-0.25, -0.2) is 4.39 Å². The minimum absolute atomic E-state index is 0.369. The second-order valence-corrected chi connectivity index (χ2v) is 2.70. The van der Waals surface area contributed by atoms with Crippen LogP contribution in [0, 0.1) is 21.7 Å². The molecule has 1 aromatic carbocycles. The molecule has 0 bridgehead atoms. The monoisotopic (exact) mass is 216 g/mol. The van der Waals surface area contributed by atoms with E-state index in [2.05, 4.69) is 0 Å². The van der Waals surface area contributed by atoms with Gasteiger partial charge in [-0.3, -0.25) is 14.9 Å². The van der Waals surface area contributed by atoms with E-state index in [1.807, 2.05) is 5.32 Å². The molecule has 0 unspecified atom stereocenters. The van der Waals surface area contributed by atoms with E-state index in [-0.39, 0.29) is 5.69 Å². The molecule has 0 aromatic heterocycles. The zero-order valence-corrected chi connectivity index (χ0v) is 7.58. The van der Waals surface area contributed by atoms with Gasteiger partial charge in [-0.1, -0.05) is 0 Å². The number of nitrogens with one attached hydrogen (secondary N) is 1. The molecule has 0 heterocycles. The molecule has 1 aromatic rings. The fourth-order valence-electron chi connectivity index (χ4n) is 1.01. The largest absolute Gasteiger partial charge is 0.331 e. The number of nitrogens with zero attached hydrogens (tertiary/aromatic N) is 1. The number of benzene rings is 1. The number of anilines is 1. The van der Waals surface area contributed by atoms with Gasteiger partial charge >= 0.3 is 5.69 Å². The Morgan fingerprint density at radius 3 is 2.53 bits per heavy atom. The van der Waals surface area contributed by atoms with E-state index in [1.165, 1.54) is 0 Å². The second-order valence-electron chi connectivity index (χ2n) is 2.70. The average Bonchev–Trinajstić information content (AvgIpc) is 2.10. The topological polar surface area (TPSA) is 72.2 Å². The number of rotatable bonds is 2. The van der Waals surface area contributed by atoms with Crippen LogP contribution in [0.3, 0.4) is 0 Å². The summed E-state index contributed by atoms with van der Waals surface area (Å²) in [6, 6.07) is 1.63. The maximum absolute atomic E-state index is 13.0. The number of carbonyl (C=O) groups excluding carboxylic acids is 1. The molecule has 0 atom stereocenters. The normalized spacial score (nSPS) is 9.80. The van der Waals surface area contributed by atoms with E-state index in [4.69, 9.17) is 0 Å². The highest BCUT2D eigenvalue weighted by Gasteiger charge is 2.24. The van der Waals surface area contributed by atoms with Crippen molar-refractivity contribution in [3.05, 3.63) is 33.9 Å². The van der Waals surface area contributed by atoms with Crippen molar-refractivity contribution in [2.75, 3.05) is 5.32 Å². The molecular formula is C8H6F2N2O3. The predicted octanol–water partition coefficient (Wildman–Crippen LogP) is 1.83. The number of nitro benzene ring substituents is 1. The molecule has 0 aliphatic heterocycles. The van der Waals surface area contributed by atoms with E-state index < -0.39 is 28.2 Å². The Morgan fingerprint density at radius 2 is 2.07 bits per heavy atom. The number of hydrogen-bond acceptors (Lipinski definition) is 3. The lowest BCUT2D eigenvalue weighted by atomic mass is 10.2. The highest BCUT2D eigenvalue weighted by Crippen LogP contribution is 2.29. The lowest BCUT2D eigenvalue weighted by Gasteiger charge is -2.03. The molecular weight excluding hydrogens is 210 g/mol. The van der Waals surface area contributed by atoms with Crippen LogP contribution in [0.25, 0.3) is 0 Å². The molecule has 0 aliphatic carbocycles. The zero-order chi connectivity index (χ0) is 11.6. The third-order valence-corrected chi connectivity index (χ3v) is 1.56. The summed E-state index contributed by atoms with van der Waals surface area (Å²) in [4.78, 5) is 20.0. The molecule has 15 heavy (non-hydrogen) atoms. The van der Waals surface area contributed by atoms with Crippen LogP contribution < -0.4 is 5.32 Å². The zero-order valence-electron chi connectivity index (χ0n) is 7.58. The minimum atomic E-state index is -1.59. The van der Waals surface area contributed by atoms with Gasteiger partial charge in [0.25, 0.3) is 0 Å². The van der Waals surface area contributed by atoms with Gasteiger partial charge in [-0.15, -0.1) is 0 Å². The van der Waals surface area contributed by atoms with Gasteiger partial charge in [-0.05, 0) is 12.1 Å². The molecule has 0 fully saturated rings. The van der Waals surface area contributed by atoms with Crippen molar-refractivity contribution < 1.29 is 18.5 Å². The van der Waals surface area contributed by atoms with Crippen molar-refractivity contribution in [2.45, 2.75) is 6.92 Å². The van der Waals surface area contributed by atoms with Gasteiger partial charge in [0.2, 0.25) is 11.7 Å². The van der Waals surface area contributed by atoms with Crippen molar-refractivity contribution >= 4 is 17.3 Å². The first-order valence-electron chi connectivity index (χ1n) is 3.83. The first kappa shape index (κ1) is 11.0. The van der Waals surface area contributed by atoms with Gasteiger partial charge in [-0.2, -0.15) is 4.39 Å².